The Morgan fingerprint density at radius 1 is 1.11 bits per heavy atom. The number of aliphatic hydroxyl groups is 2. The topological polar surface area (TPSA) is 74.6 Å². The van der Waals surface area contributed by atoms with E-state index in [2.05, 4.69) is 0 Å². The Balaban J connectivity index is 2.80. The Morgan fingerprint density at radius 2 is 1.74 bits per heavy atom. The molecule has 104 valence electrons. The Hall–Kier alpha value is -1.52. The van der Waals surface area contributed by atoms with E-state index in [0.717, 1.165) is 12.6 Å². The van der Waals surface area contributed by atoms with Crippen LogP contribution in [0.5, 0.6) is 0 Å². The van der Waals surface area contributed by atoms with Crippen molar-refractivity contribution in [3.05, 3.63) is 35.9 Å². The molecule has 0 aliphatic carbocycles. The average Bonchev–Trinajstić information content (AvgIpc) is 2.44. The summed E-state index contributed by atoms with van der Waals surface area (Å²) in [7, 11) is 0. The van der Waals surface area contributed by atoms with Crippen molar-refractivity contribution in [3.63, 3.8) is 0 Å². The minimum absolute atomic E-state index is 0.124. The van der Waals surface area contributed by atoms with Gasteiger partial charge in [0, 0.05) is 19.3 Å². The number of aldehydes is 2. The molecule has 0 saturated heterocycles. The average molecular weight is 264 g/mol. The van der Waals surface area contributed by atoms with Gasteiger partial charge in [0.1, 0.15) is 12.6 Å². The van der Waals surface area contributed by atoms with Gasteiger partial charge in [-0.15, -0.1) is 0 Å². The van der Waals surface area contributed by atoms with Gasteiger partial charge in [0.2, 0.25) is 0 Å². The van der Waals surface area contributed by atoms with Crippen molar-refractivity contribution in [2.24, 2.45) is 0 Å². The quantitative estimate of drug-likeness (QED) is 0.664. The van der Waals surface area contributed by atoms with Gasteiger partial charge in [-0.25, -0.2) is 0 Å². The molecule has 1 rings (SSSR count). The second-order valence-electron chi connectivity index (χ2n) is 4.70. The van der Waals surface area contributed by atoms with Crippen molar-refractivity contribution in [3.8, 4) is 0 Å². The third-order valence-electron chi connectivity index (χ3n) is 3.18. The number of carbonyl (C=O) groups excluding carboxylic acids is 2. The first kappa shape index (κ1) is 15.5. The lowest BCUT2D eigenvalue weighted by Crippen LogP contribution is -2.31. The molecule has 19 heavy (non-hydrogen) atoms. The Morgan fingerprint density at radius 3 is 2.32 bits per heavy atom. The summed E-state index contributed by atoms with van der Waals surface area (Å²) in [6, 6.07) is 9.00. The van der Waals surface area contributed by atoms with Crippen LogP contribution < -0.4 is 0 Å². The summed E-state index contributed by atoms with van der Waals surface area (Å²) in [5, 5.41) is 20.5. The molecule has 0 aliphatic rings. The van der Waals surface area contributed by atoms with Crippen molar-refractivity contribution in [2.75, 3.05) is 0 Å². The highest BCUT2D eigenvalue weighted by atomic mass is 16.3. The first-order chi connectivity index (χ1) is 9.12. The molecule has 1 aromatic rings. The van der Waals surface area contributed by atoms with Crippen LogP contribution in [0.3, 0.4) is 0 Å². The minimum Gasteiger partial charge on any atom is -0.393 e. The summed E-state index contributed by atoms with van der Waals surface area (Å²) in [4.78, 5) is 20.8. The third-order valence-corrected chi connectivity index (χ3v) is 3.18. The summed E-state index contributed by atoms with van der Waals surface area (Å²) in [5.74, 6) is 0. The van der Waals surface area contributed by atoms with E-state index in [1.807, 2.05) is 6.07 Å². The molecule has 0 amide bonds. The van der Waals surface area contributed by atoms with Crippen LogP contribution in [0.4, 0.5) is 0 Å². The van der Waals surface area contributed by atoms with Crippen LogP contribution in [-0.4, -0.2) is 28.9 Å². The zero-order valence-corrected chi connectivity index (χ0v) is 10.9. The first-order valence-corrected chi connectivity index (χ1v) is 6.45. The van der Waals surface area contributed by atoms with Crippen LogP contribution in [0, 0.1) is 0 Å². The maximum atomic E-state index is 10.7. The van der Waals surface area contributed by atoms with Gasteiger partial charge in [-0.1, -0.05) is 30.3 Å². The van der Waals surface area contributed by atoms with E-state index in [4.69, 9.17) is 0 Å². The SMILES string of the molecule is O=CCCC(O)CC(O)(CCC=O)c1ccccc1. The summed E-state index contributed by atoms with van der Waals surface area (Å²) in [6.07, 6.45) is 1.94. The van der Waals surface area contributed by atoms with Gasteiger partial charge in [-0.2, -0.15) is 0 Å². The zero-order valence-electron chi connectivity index (χ0n) is 10.9. The molecule has 0 spiro atoms. The van der Waals surface area contributed by atoms with Gasteiger partial charge < -0.3 is 19.8 Å². The first-order valence-electron chi connectivity index (χ1n) is 6.45. The summed E-state index contributed by atoms with van der Waals surface area (Å²) >= 11 is 0. The molecule has 2 atom stereocenters. The molecule has 0 bridgehead atoms. The molecular formula is C15H20O4. The number of hydrogen-bond acceptors (Lipinski definition) is 4. The molecule has 2 N–H and O–H groups in total. The highest BCUT2D eigenvalue weighted by molar-refractivity contribution is 5.50. The number of hydrogen-bond donors (Lipinski definition) is 2. The van der Waals surface area contributed by atoms with Gasteiger partial charge in [0.15, 0.2) is 0 Å². The number of benzene rings is 1. The Kier molecular flexibility index (Phi) is 6.39. The standard InChI is InChI=1S/C15H20O4/c16-10-4-8-14(18)12-15(19,9-5-11-17)13-6-2-1-3-7-13/h1-3,6-7,10-11,14,18-19H,4-5,8-9,12H2. The van der Waals surface area contributed by atoms with E-state index in [-0.39, 0.29) is 25.7 Å². The van der Waals surface area contributed by atoms with Crippen LogP contribution in [0.1, 0.15) is 37.7 Å². The predicted octanol–water partition coefficient (Wildman–Crippen LogP) is 1.58. The lowest BCUT2D eigenvalue weighted by atomic mass is 9.83. The maximum Gasteiger partial charge on any atom is 0.120 e. The van der Waals surface area contributed by atoms with E-state index >= 15 is 0 Å². The van der Waals surface area contributed by atoms with Gasteiger partial charge >= 0.3 is 0 Å². The summed E-state index contributed by atoms with van der Waals surface area (Å²) < 4.78 is 0. The highest BCUT2D eigenvalue weighted by Crippen LogP contribution is 2.31. The van der Waals surface area contributed by atoms with Gasteiger partial charge in [0.05, 0.1) is 11.7 Å². The van der Waals surface area contributed by atoms with Crippen molar-refractivity contribution >= 4 is 12.6 Å². The fraction of sp³-hybridized carbons (Fsp3) is 0.467. The van der Waals surface area contributed by atoms with Crippen LogP contribution in [0.2, 0.25) is 0 Å². The molecule has 2 unspecified atom stereocenters. The fourth-order valence-electron chi connectivity index (χ4n) is 2.16. The van der Waals surface area contributed by atoms with E-state index in [9.17, 15) is 19.8 Å². The van der Waals surface area contributed by atoms with Crippen molar-refractivity contribution < 1.29 is 19.8 Å². The zero-order chi connectivity index (χ0) is 14.1. The van der Waals surface area contributed by atoms with Crippen LogP contribution >= 0.6 is 0 Å². The highest BCUT2D eigenvalue weighted by Gasteiger charge is 2.31. The fourth-order valence-corrected chi connectivity index (χ4v) is 2.16. The van der Waals surface area contributed by atoms with E-state index in [1.165, 1.54) is 0 Å². The number of carbonyl (C=O) groups is 2. The van der Waals surface area contributed by atoms with Crippen LogP contribution in [0.15, 0.2) is 30.3 Å². The van der Waals surface area contributed by atoms with Gasteiger partial charge in [-0.3, -0.25) is 0 Å². The third kappa shape index (κ3) is 4.93. The molecule has 0 aromatic heterocycles. The Labute approximate surface area is 113 Å². The smallest absolute Gasteiger partial charge is 0.120 e. The molecule has 0 radical (unpaired) electrons. The van der Waals surface area contributed by atoms with E-state index in [1.54, 1.807) is 24.3 Å². The summed E-state index contributed by atoms with van der Waals surface area (Å²) in [6.45, 7) is 0. The van der Waals surface area contributed by atoms with Crippen LogP contribution in [-0.2, 0) is 15.2 Å². The largest absolute Gasteiger partial charge is 0.393 e. The molecular weight excluding hydrogens is 244 g/mol. The van der Waals surface area contributed by atoms with Gasteiger partial charge in [0.25, 0.3) is 0 Å². The van der Waals surface area contributed by atoms with Crippen molar-refractivity contribution in [1.29, 1.82) is 0 Å². The van der Waals surface area contributed by atoms with Crippen molar-refractivity contribution in [2.45, 2.75) is 43.8 Å². The van der Waals surface area contributed by atoms with Crippen molar-refractivity contribution in [1.82, 2.24) is 0 Å². The number of aliphatic hydroxyl groups excluding tert-OH is 1. The molecule has 4 nitrogen and oxygen atoms in total. The monoisotopic (exact) mass is 264 g/mol. The predicted molar refractivity (Wildman–Crippen MR) is 71.6 cm³/mol. The van der Waals surface area contributed by atoms with Gasteiger partial charge in [-0.05, 0) is 18.4 Å². The lowest BCUT2D eigenvalue weighted by Gasteiger charge is -2.30. The Bertz CT molecular complexity index is 390. The molecule has 0 fully saturated rings. The van der Waals surface area contributed by atoms with E-state index in [0.29, 0.717) is 12.0 Å². The summed E-state index contributed by atoms with van der Waals surface area (Å²) in [5.41, 5.74) is -0.549. The molecule has 0 saturated carbocycles. The minimum atomic E-state index is -1.23. The van der Waals surface area contributed by atoms with Crippen LogP contribution in [0.25, 0.3) is 0 Å². The number of rotatable bonds is 9. The molecule has 1 aromatic carbocycles. The maximum absolute atomic E-state index is 10.7. The second-order valence-corrected chi connectivity index (χ2v) is 4.70. The van der Waals surface area contributed by atoms with E-state index < -0.39 is 11.7 Å². The molecule has 4 heteroatoms. The molecule has 0 heterocycles. The second kappa shape index (κ2) is 7.81. The molecule has 0 aliphatic heterocycles. The lowest BCUT2D eigenvalue weighted by molar-refractivity contribution is -0.109. The normalized spacial score (nSPS) is 15.5.